The Bertz CT molecular complexity index is 1010. The average molecular weight is 557 g/mol. The van der Waals surface area contributed by atoms with Gasteiger partial charge in [-0.15, -0.1) is 0 Å². The van der Waals surface area contributed by atoms with Gasteiger partial charge in [-0.1, -0.05) is 0 Å². The van der Waals surface area contributed by atoms with Crippen molar-refractivity contribution >= 4 is 22.8 Å². The number of para-hydroxylation sites is 1. The van der Waals surface area contributed by atoms with E-state index >= 15 is 0 Å². The van der Waals surface area contributed by atoms with Gasteiger partial charge in [-0.25, -0.2) is 0 Å². The van der Waals surface area contributed by atoms with Gasteiger partial charge in [0.15, 0.2) is 0 Å². The third kappa shape index (κ3) is 4.67. The molecule has 0 saturated heterocycles. The Labute approximate surface area is 195 Å². The van der Waals surface area contributed by atoms with E-state index in [1.807, 2.05) is 42.5 Å². The molecule has 6 heteroatoms. The van der Waals surface area contributed by atoms with Crippen LogP contribution in [-0.2, 0) is 22.7 Å². The summed E-state index contributed by atoms with van der Waals surface area (Å²) in [5, 5.41) is -0.366. The Balaban J connectivity index is 3.12. The van der Waals surface area contributed by atoms with E-state index in [-0.39, 0.29) is 15.5 Å². The molecule has 2 N–H and O–H groups in total. The molecule has 0 aliphatic heterocycles. The molecule has 0 amide bonds. The van der Waals surface area contributed by atoms with Gasteiger partial charge in [-0.05, 0) is 0 Å². The quantitative estimate of drug-likeness (QED) is 0.277. The molecule has 0 aliphatic rings. The van der Waals surface area contributed by atoms with Gasteiger partial charge in [-0.2, -0.15) is 0 Å². The molecule has 0 unspecified atom stereocenters. The van der Waals surface area contributed by atoms with Crippen LogP contribution in [0.3, 0.4) is 0 Å². The fourth-order valence-corrected chi connectivity index (χ4v) is 49.9. The molecule has 180 valence electrons. The molecule has 2 rings (SSSR count). The van der Waals surface area contributed by atoms with Crippen LogP contribution in [0.5, 0.6) is 0 Å². The zero-order valence-corrected chi connectivity index (χ0v) is 24.1. The van der Waals surface area contributed by atoms with E-state index in [2.05, 4.69) is 68.4 Å². The normalized spacial score (nSPS) is 15.0. The number of nitrogens with two attached hydrogens (primary N) is 1. The fraction of sp³-hybridized carbons (Fsp3) is 0.520. The van der Waals surface area contributed by atoms with Crippen LogP contribution in [0.1, 0.15) is 62.3 Å². The van der Waals surface area contributed by atoms with E-state index in [1.165, 1.54) is 6.26 Å². The molecule has 0 aromatic heterocycles. The summed E-state index contributed by atoms with van der Waals surface area (Å²) in [5.74, 6) is 0. The van der Waals surface area contributed by atoms with Crippen molar-refractivity contribution < 1.29 is 23.4 Å². The Morgan fingerprint density at radius 3 is 1.48 bits per heavy atom. The van der Waals surface area contributed by atoms with Crippen molar-refractivity contribution in [2.45, 2.75) is 77.8 Å². The van der Waals surface area contributed by atoms with Crippen molar-refractivity contribution in [2.75, 3.05) is 12.0 Å². The zero-order valence-electron chi connectivity index (χ0n) is 20.7. The fourth-order valence-electron chi connectivity index (χ4n) is 5.98. The summed E-state index contributed by atoms with van der Waals surface area (Å²) in [6.45, 7) is 20.5. The van der Waals surface area contributed by atoms with Crippen molar-refractivity contribution in [3.05, 3.63) is 48.5 Å². The van der Waals surface area contributed by atoms with Gasteiger partial charge in [0.25, 0.3) is 0 Å². The predicted molar refractivity (Wildman–Crippen MR) is 138 cm³/mol. The molecule has 2 aromatic rings. The Hall–Kier alpha value is -0.718. The summed E-state index contributed by atoms with van der Waals surface area (Å²) in [4.78, 5) is 0. The molecule has 3 nitrogen and oxygen atoms in total. The number of benzene rings is 2. The second kappa shape index (κ2) is 8.57. The second-order valence-electron chi connectivity index (χ2n) is 11.2. The Morgan fingerprint density at radius 2 is 1.10 bits per heavy atom. The molecule has 0 aliphatic carbocycles. The molecule has 0 saturated carbocycles. The van der Waals surface area contributed by atoms with Gasteiger partial charge in [0, 0.05) is 0 Å². The first kappa shape index (κ1) is 26.5. The van der Waals surface area contributed by atoms with Crippen molar-refractivity contribution in [3.63, 3.8) is 0 Å². The van der Waals surface area contributed by atoms with Crippen LogP contribution in [0.2, 0.25) is 0 Å². The SMILES string of the molecule is CC(C)(C)[PH]([Pd-]([c]1ccccc1-c1ccccc1N)[S](C)(=O)=O)(C(C)(C)C)C(C)(C)C. The maximum absolute atomic E-state index is 13.8. The van der Waals surface area contributed by atoms with E-state index in [1.54, 1.807) is 0 Å². The number of hydrogen-bond acceptors (Lipinski definition) is 3. The van der Waals surface area contributed by atoms with E-state index < -0.39 is 28.1 Å². The molecule has 0 heterocycles. The van der Waals surface area contributed by atoms with Crippen molar-refractivity contribution in [2.24, 2.45) is 0 Å². The second-order valence-corrected chi connectivity index (χ2v) is 31.8. The van der Waals surface area contributed by atoms with Gasteiger partial charge >= 0.3 is 196 Å². The van der Waals surface area contributed by atoms with E-state index in [0.29, 0.717) is 5.69 Å². The van der Waals surface area contributed by atoms with Crippen LogP contribution in [-0.4, -0.2) is 30.1 Å². The van der Waals surface area contributed by atoms with Crippen LogP contribution in [0.15, 0.2) is 48.5 Å². The van der Waals surface area contributed by atoms with E-state index in [0.717, 1.165) is 15.2 Å². The third-order valence-corrected chi connectivity index (χ3v) is 40.5. The van der Waals surface area contributed by atoms with Crippen LogP contribution in [0.25, 0.3) is 11.1 Å². The van der Waals surface area contributed by atoms with Crippen LogP contribution < -0.4 is 9.77 Å². The molecule has 0 atom stereocenters. The Morgan fingerprint density at radius 1 is 0.710 bits per heavy atom. The topological polar surface area (TPSA) is 60.2 Å². The molecule has 0 fully saturated rings. The Kier molecular flexibility index (Phi) is 7.33. The molecule has 2 aromatic carbocycles. The summed E-state index contributed by atoms with van der Waals surface area (Å²) in [7, 11) is -3.33. The summed E-state index contributed by atoms with van der Waals surface area (Å²) in [6.07, 6.45) is 1.48. The average Bonchev–Trinajstić information content (AvgIpc) is 2.55. The molecule has 0 radical (unpaired) electrons. The first-order valence-electron chi connectivity index (χ1n) is 10.6. The maximum atomic E-state index is 13.8. The van der Waals surface area contributed by atoms with Gasteiger partial charge < -0.3 is 0 Å². The number of hydrogen-bond donors (Lipinski definition) is 1. The van der Waals surface area contributed by atoms with Gasteiger partial charge in [0.2, 0.25) is 0 Å². The first-order chi connectivity index (χ1) is 13.9. The molecule has 0 spiro atoms. The van der Waals surface area contributed by atoms with Crippen LogP contribution >= 0.6 is 5.45 Å². The minimum absolute atomic E-state index is 0.122. The first-order valence-corrected chi connectivity index (χ1v) is 19.2. The van der Waals surface area contributed by atoms with E-state index in [4.69, 9.17) is 5.73 Å². The van der Waals surface area contributed by atoms with Crippen molar-refractivity contribution in [3.8, 4) is 11.1 Å². The standard InChI is InChI=1S/C12H10N.C12H27P.CH3O2S.Pd/c13-12-9-5-4-8-11(12)10-6-2-1-3-7-10;1-10(2,3)13(11(4,5)6)12(7,8)9;1-4(2)3;/h1-6,8-9H,13H2;1-9H3;1H3;/q;;;-2/p+1. The third-order valence-electron chi connectivity index (χ3n) is 5.66. The summed E-state index contributed by atoms with van der Waals surface area (Å²) in [5.41, 5.74) is 6.35. The molecule has 31 heavy (non-hydrogen) atoms. The summed E-state index contributed by atoms with van der Waals surface area (Å²) >= 11 is -2.26. The number of nitrogen functional groups attached to an aromatic ring is 1. The van der Waals surface area contributed by atoms with Gasteiger partial charge in [0.05, 0.1) is 0 Å². The number of rotatable bonds is 4. The van der Waals surface area contributed by atoms with Gasteiger partial charge in [-0.3, -0.25) is 0 Å². The summed E-state index contributed by atoms with van der Waals surface area (Å²) < 4.78 is 28.7. The van der Waals surface area contributed by atoms with Gasteiger partial charge in [0.1, 0.15) is 0 Å². The molecular weight excluding hydrogens is 516 g/mol. The van der Waals surface area contributed by atoms with Crippen LogP contribution in [0, 0.1) is 0 Å². The van der Waals surface area contributed by atoms with E-state index in [9.17, 15) is 8.42 Å². The predicted octanol–water partition coefficient (Wildman–Crippen LogP) is 6.20. The minimum atomic E-state index is -3.33. The summed E-state index contributed by atoms with van der Waals surface area (Å²) in [6, 6.07) is 15.9. The molecule has 0 bridgehead atoms. The molecular formula is C25H41NO2PPdS-. The van der Waals surface area contributed by atoms with Crippen LogP contribution in [0.4, 0.5) is 5.69 Å². The van der Waals surface area contributed by atoms with Crippen molar-refractivity contribution in [1.82, 2.24) is 0 Å². The zero-order chi connectivity index (χ0) is 24.0. The number of anilines is 1. The monoisotopic (exact) mass is 556 g/mol. The van der Waals surface area contributed by atoms with Crippen molar-refractivity contribution in [1.29, 1.82) is 0 Å².